The molecule has 30 heavy (non-hydrogen) atoms. The Hall–Kier alpha value is -2.99. The number of rotatable bonds is 12. The minimum Gasteiger partial charge on any atom is -0.359 e. The molecule has 0 radical (unpaired) electrons. The fraction of sp³-hybridized carbons (Fsp3) is 0.375. The highest BCUT2D eigenvalue weighted by molar-refractivity contribution is 5.90. The van der Waals surface area contributed by atoms with Gasteiger partial charge in [0.15, 0.2) is 0 Å². The number of nitrogens with one attached hydrogen (secondary N) is 2. The Morgan fingerprint density at radius 2 is 1.47 bits per heavy atom. The van der Waals surface area contributed by atoms with Crippen molar-refractivity contribution in [3.8, 4) is 0 Å². The normalized spacial score (nSPS) is 12.6. The summed E-state index contributed by atoms with van der Waals surface area (Å²) < 4.78 is 0. The average molecular weight is 411 g/mol. The van der Waals surface area contributed by atoms with Gasteiger partial charge in [-0.15, -0.1) is 0 Å². The third-order valence-corrected chi connectivity index (χ3v) is 5.26. The van der Waals surface area contributed by atoms with Crippen molar-refractivity contribution in [2.45, 2.75) is 38.5 Å². The highest BCUT2D eigenvalue weighted by atomic mass is 16.5. The third kappa shape index (κ3) is 7.79. The molecule has 3 N–H and O–H groups in total. The predicted octanol–water partition coefficient (Wildman–Crippen LogP) is 3.09. The number of carbonyl (C=O) groups is 3. The van der Waals surface area contributed by atoms with E-state index in [4.69, 9.17) is 5.21 Å². The number of hydroxylamine groups is 1. The van der Waals surface area contributed by atoms with Crippen LogP contribution in [0, 0.1) is 11.8 Å². The zero-order chi connectivity index (χ0) is 21.8. The van der Waals surface area contributed by atoms with Crippen LogP contribution in [0.5, 0.6) is 0 Å². The molecule has 2 aromatic carbocycles. The van der Waals surface area contributed by atoms with Crippen LogP contribution < -0.4 is 10.8 Å². The lowest BCUT2D eigenvalue weighted by atomic mass is 9.85. The van der Waals surface area contributed by atoms with Crippen LogP contribution in [0.1, 0.15) is 36.8 Å². The molecule has 2 aromatic rings. The SMILES string of the molecule is CNC(=O)[C@@H](CC(=O)[C@H](CCCc1ccccc1)CC(=O)NO)Cc1ccccc1. The van der Waals surface area contributed by atoms with Crippen molar-refractivity contribution >= 4 is 17.6 Å². The van der Waals surface area contributed by atoms with Gasteiger partial charge in [-0.05, 0) is 36.8 Å². The smallest absolute Gasteiger partial charge is 0.244 e. The molecule has 0 aliphatic heterocycles. The molecule has 0 saturated carbocycles. The second-order valence-electron chi connectivity index (χ2n) is 7.49. The van der Waals surface area contributed by atoms with Gasteiger partial charge in [0.2, 0.25) is 11.8 Å². The van der Waals surface area contributed by atoms with Crippen molar-refractivity contribution in [1.29, 1.82) is 0 Å². The number of benzene rings is 2. The highest BCUT2D eigenvalue weighted by Crippen LogP contribution is 2.22. The van der Waals surface area contributed by atoms with Gasteiger partial charge in [-0.2, -0.15) is 0 Å². The molecule has 0 fully saturated rings. The lowest BCUT2D eigenvalue weighted by molar-refractivity contribution is -0.135. The van der Waals surface area contributed by atoms with Crippen molar-refractivity contribution < 1.29 is 19.6 Å². The van der Waals surface area contributed by atoms with E-state index in [-0.39, 0.29) is 24.5 Å². The fourth-order valence-corrected chi connectivity index (χ4v) is 3.61. The Kier molecular flexibility index (Phi) is 9.74. The summed E-state index contributed by atoms with van der Waals surface area (Å²) in [5.74, 6) is -1.95. The predicted molar refractivity (Wildman–Crippen MR) is 115 cm³/mol. The molecule has 6 heteroatoms. The molecule has 0 aromatic heterocycles. The lowest BCUT2D eigenvalue weighted by Gasteiger charge is -2.19. The van der Waals surface area contributed by atoms with Crippen molar-refractivity contribution in [2.24, 2.45) is 11.8 Å². The first-order chi connectivity index (χ1) is 14.5. The summed E-state index contributed by atoms with van der Waals surface area (Å²) >= 11 is 0. The fourth-order valence-electron chi connectivity index (χ4n) is 3.61. The van der Waals surface area contributed by atoms with E-state index in [0.717, 1.165) is 18.4 Å². The molecule has 0 saturated heterocycles. The van der Waals surface area contributed by atoms with Crippen LogP contribution in [-0.2, 0) is 27.2 Å². The van der Waals surface area contributed by atoms with Gasteiger partial charge in [-0.3, -0.25) is 19.6 Å². The Labute approximate surface area is 177 Å². The molecule has 6 nitrogen and oxygen atoms in total. The number of ketones is 1. The molecule has 0 heterocycles. The number of amides is 2. The second-order valence-corrected chi connectivity index (χ2v) is 7.49. The molecule has 0 unspecified atom stereocenters. The summed E-state index contributed by atoms with van der Waals surface area (Å²) in [4.78, 5) is 37.1. The number of hydrogen-bond donors (Lipinski definition) is 3. The van der Waals surface area contributed by atoms with Gasteiger partial charge >= 0.3 is 0 Å². The zero-order valence-corrected chi connectivity index (χ0v) is 17.3. The van der Waals surface area contributed by atoms with Gasteiger partial charge < -0.3 is 5.32 Å². The van der Waals surface area contributed by atoms with Crippen LogP contribution in [0.2, 0.25) is 0 Å². The average Bonchev–Trinajstić information content (AvgIpc) is 2.78. The van der Waals surface area contributed by atoms with Crippen LogP contribution in [0.25, 0.3) is 0 Å². The number of aryl methyl sites for hydroxylation is 1. The summed E-state index contributed by atoms with van der Waals surface area (Å²) in [7, 11) is 1.56. The molecule has 0 aliphatic rings. The third-order valence-electron chi connectivity index (χ3n) is 5.26. The van der Waals surface area contributed by atoms with E-state index in [2.05, 4.69) is 5.32 Å². The Morgan fingerprint density at radius 3 is 2.03 bits per heavy atom. The molecule has 2 rings (SSSR count). The number of carbonyl (C=O) groups excluding carboxylic acids is 3. The van der Waals surface area contributed by atoms with E-state index in [1.54, 1.807) is 12.5 Å². The van der Waals surface area contributed by atoms with Crippen LogP contribution >= 0.6 is 0 Å². The molecule has 2 atom stereocenters. The molecule has 0 bridgehead atoms. The number of Topliss-reactive ketones (excluding diaryl/α,β-unsaturated/α-hetero) is 1. The molecular weight excluding hydrogens is 380 g/mol. The van der Waals surface area contributed by atoms with Gasteiger partial charge in [-0.1, -0.05) is 60.7 Å². The monoisotopic (exact) mass is 410 g/mol. The highest BCUT2D eigenvalue weighted by Gasteiger charge is 2.27. The molecule has 160 valence electrons. The minimum atomic E-state index is -0.590. The quantitative estimate of drug-likeness (QED) is 0.370. The summed E-state index contributed by atoms with van der Waals surface area (Å²) in [5.41, 5.74) is 3.76. The summed E-state index contributed by atoms with van der Waals surface area (Å²) in [6.07, 6.45) is 2.48. The van der Waals surface area contributed by atoms with Crippen LogP contribution in [0.15, 0.2) is 60.7 Å². The summed E-state index contributed by atoms with van der Waals surface area (Å²) in [6.45, 7) is 0. The van der Waals surface area contributed by atoms with Crippen molar-refractivity contribution in [3.05, 3.63) is 71.8 Å². The van der Waals surface area contributed by atoms with E-state index in [0.29, 0.717) is 12.8 Å². The lowest BCUT2D eigenvalue weighted by Crippen LogP contribution is -2.33. The minimum absolute atomic E-state index is 0.0588. The van der Waals surface area contributed by atoms with Crippen molar-refractivity contribution in [1.82, 2.24) is 10.8 Å². The van der Waals surface area contributed by atoms with Crippen LogP contribution in [0.4, 0.5) is 0 Å². The Morgan fingerprint density at radius 1 is 0.867 bits per heavy atom. The zero-order valence-electron chi connectivity index (χ0n) is 17.3. The second kappa shape index (κ2) is 12.5. The van der Waals surface area contributed by atoms with Crippen molar-refractivity contribution in [3.63, 3.8) is 0 Å². The van der Waals surface area contributed by atoms with Crippen molar-refractivity contribution in [2.75, 3.05) is 7.05 Å². The van der Waals surface area contributed by atoms with Gasteiger partial charge in [0.1, 0.15) is 5.78 Å². The first-order valence-electron chi connectivity index (χ1n) is 10.3. The first kappa shape index (κ1) is 23.3. The van der Waals surface area contributed by atoms with Gasteiger partial charge in [0.05, 0.1) is 0 Å². The standard InChI is InChI=1S/C24H30N2O4/c1-25-24(29)21(15-19-11-6-3-7-12-19)16-22(27)20(17-23(28)26-30)14-8-13-18-9-4-2-5-10-18/h2-7,9-12,20-21,30H,8,13-17H2,1H3,(H,25,29)(H,26,28)/t20-,21-/m1/s1. The largest absolute Gasteiger partial charge is 0.359 e. The van der Waals surface area contributed by atoms with E-state index >= 15 is 0 Å². The topological polar surface area (TPSA) is 95.5 Å². The first-order valence-corrected chi connectivity index (χ1v) is 10.3. The van der Waals surface area contributed by atoms with E-state index in [1.807, 2.05) is 60.7 Å². The van der Waals surface area contributed by atoms with Gasteiger partial charge in [-0.25, -0.2) is 5.48 Å². The Balaban J connectivity index is 2.03. The summed E-state index contributed by atoms with van der Waals surface area (Å²) in [6, 6.07) is 19.5. The van der Waals surface area contributed by atoms with Crippen LogP contribution in [-0.4, -0.2) is 29.9 Å². The van der Waals surface area contributed by atoms with Crippen LogP contribution in [0.3, 0.4) is 0 Å². The van der Waals surface area contributed by atoms with E-state index in [1.165, 1.54) is 5.56 Å². The Bertz CT molecular complexity index is 808. The number of hydrogen-bond acceptors (Lipinski definition) is 4. The van der Waals surface area contributed by atoms with E-state index < -0.39 is 17.7 Å². The van der Waals surface area contributed by atoms with Gasteiger partial charge in [0.25, 0.3) is 0 Å². The van der Waals surface area contributed by atoms with Gasteiger partial charge in [0, 0.05) is 31.7 Å². The maximum atomic E-state index is 13.0. The maximum absolute atomic E-state index is 13.0. The maximum Gasteiger partial charge on any atom is 0.244 e. The molecule has 2 amide bonds. The molecular formula is C24H30N2O4. The summed E-state index contributed by atoms with van der Waals surface area (Å²) in [5, 5.41) is 11.5. The van der Waals surface area contributed by atoms with E-state index in [9.17, 15) is 14.4 Å². The molecule has 0 aliphatic carbocycles. The molecule has 0 spiro atoms.